The molecule has 0 atom stereocenters. The van der Waals surface area contributed by atoms with Crippen molar-refractivity contribution in [3.05, 3.63) is 23.8 Å². The Morgan fingerprint density at radius 3 is 2.10 bits per heavy atom. The van der Waals surface area contributed by atoms with E-state index in [9.17, 15) is 21.4 Å². The number of hydrogen-bond donors (Lipinski definition) is 2. The van der Waals surface area contributed by atoms with E-state index in [4.69, 9.17) is 4.55 Å². The minimum Gasteiger partial charge on any atom is -0.282 e. The minimum absolute atomic E-state index is 0.193. The van der Waals surface area contributed by atoms with Crippen LogP contribution in [0.15, 0.2) is 28.0 Å². The fraction of sp³-hybridized carbons (Fsp3) is 0.500. The third kappa shape index (κ3) is 4.55. The summed E-state index contributed by atoms with van der Waals surface area (Å²) in [6, 6.07) is 3.73. The Morgan fingerprint density at radius 1 is 0.950 bits per heavy atom. The van der Waals surface area contributed by atoms with E-state index < -0.39 is 30.0 Å². The monoisotopic (exact) mass is 322 g/mol. The Morgan fingerprint density at radius 2 is 1.60 bits per heavy atom. The lowest BCUT2D eigenvalue weighted by atomic mass is 10.1. The summed E-state index contributed by atoms with van der Waals surface area (Å²) in [4.78, 5) is -1.51. The van der Waals surface area contributed by atoms with Gasteiger partial charge in [-0.3, -0.25) is 9.11 Å². The minimum atomic E-state index is -4.73. The third-order valence-electron chi connectivity index (χ3n) is 2.90. The van der Waals surface area contributed by atoms with E-state index in [1.165, 1.54) is 12.1 Å². The molecule has 1 aromatic rings. The Bertz CT molecular complexity index is 661. The molecule has 2 N–H and O–H groups in total. The van der Waals surface area contributed by atoms with Crippen molar-refractivity contribution in [3.8, 4) is 0 Å². The number of rotatable bonds is 7. The molecule has 0 radical (unpaired) electrons. The molecule has 0 fully saturated rings. The van der Waals surface area contributed by atoms with Gasteiger partial charge in [0.15, 0.2) is 0 Å². The summed E-state index contributed by atoms with van der Waals surface area (Å²) in [5.74, 6) is 0. The van der Waals surface area contributed by atoms with E-state index in [0.717, 1.165) is 25.3 Å². The van der Waals surface area contributed by atoms with Gasteiger partial charge >= 0.3 is 0 Å². The summed E-state index contributed by atoms with van der Waals surface area (Å²) < 4.78 is 63.5. The van der Waals surface area contributed by atoms with Crippen molar-refractivity contribution in [2.45, 2.75) is 48.8 Å². The van der Waals surface area contributed by atoms with Crippen LogP contribution in [0.5, 0.6) is 0 Å². The van der Waals surface area contributed by atoms with Gasteiger partial charge in [0.2, 0.25) is 0 Å². The smallest absolute Gasteiger partial charge is 0.282 e. The summed E-state index contributed by atoms with van der Waals surface area (Å²) in [5.41, 5.74) is 0.193. The van der Waals surface area contributed by atoms with E-state index >= 15 is 0 Å². The Hall–Kier alpha value is -0.960. The van der Waals surface area contributed by atoms with Crippen molar-refractivity contribution in [1.29, 1.82) is 0 Å². The molecule has 6 nitrogen and oxygen atoms in total. The van der Waals surface area contributed by atoms with Crippen LogP contribution in [0.2, 0.25) is 0 Å². The van der Waals surface area contributed by atoms with Gasteiger partial charge in [-0.05, 0) is 24.5 Å². The number of benzene rings is 1. The summed E-state index contributed by atoms with van der Waals surface area (Å²) in [6.07, 6.45) is 3.86. The molecule has 0 aliphatic carbocycles. The second-order valence-corrected chi connectivity index (χ2v) is 7.25. The van der Waals surface area contributed by atoms with E-state index in [1.54, 1.807) is 0 Å². The summed E-state index contributed by atoms with van der Waals surface area (Å²) >= 11 is 0. The predicted octanol–water partition coefficient (Wildman–Crippen LogP) is 2.30. The fourth-order valence-corrected chi connectivity index (χ4v) is 4.07. The van der Waals surface area contributed by atoms with Crippen molar-refractivity contribution in [3.63, 3.8) is 0 Å². The lowest BCUT2D eigenvalue weighted by Crippen LogP contribution is -2.11. The third-order valence-corrected chi connectivity index (χ3v) is 4.92. The second-order valence-electron chi connectivity index (χ2n) is 4.51. The molecule has 1 aromatic carbocycles. The zero-order valence-electron chi connectivity index (χ0n) is 11.1. The highest BCUT2D eigenvalue weighted by atomic mass is 32.2. The molecule has 0 amide bonds. The van der Waals surface area contributed by atoms with Crippen LogP contribution in [0, 0.1) is 0 Å². The van der Waals surface area contributed by atoms with Crippen LogP contribution in [0.4, 0.5) is 0 Å². The second kappa shape index (κ2) is 6.66. The molecular formula is C12H18O6S2. The largest absolute Gasteiger partial charge is 0.296 e. The molecule has 0 unspecified atom stereocenters. The first-order chi connectivity index (χ1) is 9.18. The van der Waals surface area contributed by atoms with Crippen LogP contribution in [-0.2, 0) is 26.7 Å². The highest BCUT2D eigenvalue weighted by molar-refractivity contribution is 7.89. The first-order valence-corrected chi connectivity index (χ1v) is 9.12. The zero-order valence-corrected chi connectivity index (χ0v) is 12.7. The summed E-state index contributed by atoms with van der Waals surface area (Å²) in [6.45, 7) is 2.03. The van der Waals surface area contributed by atoms with Crippen LogP contribution in [0.3, 0.4) is 0 Å². The number of aryl methyl sites for hydroxylation is 1. The van der Waals surface area contributed by atoms with E-state index in [-0.39, 0.29) is 5.56 Å². The maximum Gasteiger partial charge on any atom is 0.296 e. The van der Waals surface area contributed by atoms with Gasteiger partial charge < -0.3 is 0 Å². The van der Waals surface area contributed by atoms with Crippen molar-refractivity contribution >= 4 is 20.2 Å². The van der Waals surface area contributed by atoms with Crippen molar-refractivity contribution in [2.75, 3.05) is 0 Å². The first-order valence-electron chi connectivity index (χ1n) is 6.24. The molecule has 114 valence electrons. The molecule has 1 rings (SSSR count). The van der Waals surface area contributed by atoms with Gasteiger partial charge in [-0.15, -0.1) is 0 Å². The molecule has 0 saturated carbocycles. The van der Waals surface area contributed by atoms with E-state index in [0.29, 0.717) is 12.8 Å². The molecule has 0 aliphatic rings. The number of hydrogen-bond acceptors (Lipinski definition) is 4. The Kier molecular flexibility index (Phi) is 5.69. The molecule has 0 heterocycles. The maximum absolute atomic E-state index is 11.4. The first kappa shape index (κ1) is 17.1. The van der Waals surface area contributed by atoms with E-state index in [2.05, 4.69) is 0 Å². The quantitative estimate of drug-likeness (QED) is 0.589. The molecule has 0 bridgehead atoms. The van der Waals surface area contributed by atoms with Gasteiger partial charge in [0.05, 0.1) is 0 Å². The molecular weight excluding hydrogens is 304 g/mol. The van der Waals surface area contributed by atoms with Gasteiger partial charge in [-0.2, -0.15) is 16.8 Å². The van der Waals surface area contributed by atoms with Crippen molar-refractivity contribution in [1.82, 2.24) is 0 Å². The number of unbranched alkanes of at least 4 members (excludes halogenated alkanes) is 3. The fourth-order valence-electron chi connectivity index (χ4n) is 2.00. The predicted molar refractivity (Wildman–Crippen MR) is 73.9 cm³/mol. The Labute approximate surface area is 119 Å². The van der Waals surface area contributed by atoms with Gasteiger partial charge in [0.1, 0.15) is 9.79 Å². The highest BCUT2D eigenvalue weighted by Gasteiger charge is 2.26. The Balaban J connectivity index is 3.25. The van der Waals surface area contributed by atoms with Gasteiger partial charge in [0, 0.05) is 0 Å². The summed E-state index contributed by atoms with van der Waals surface area (Å²) in [7, 11) is -9.44. The molecule has 0 spiro atoms. The van der Waals surface area contributed by atoms with Crippen molar-refractivity contribution < 1.29 is 25.9 Å². The summed E-state index contributed by atoms with van der Waals surface area (Å²) in [5, 5.41) is 0. The average molecular weight is 322 g/mol. The van der Waals surface area contributed by atoms with Gasteiger partial charge in [-0.25, -0.2) is 0 Å². The maximum atomic E-state index is 11.4. The molecule has 0 saturated heterocycles. The van der Waals surface area contributed by atoms with Crippen LogP contribution in [0.25, 0.3) is 0 Å². The molecule has 0 aromatic heterocycles. The zero-order chi connectivity index (χ0) is 15.4. The van der Waals surface area contributed by atoms with Crippen LogP contribution < -0.4 is 0 Å². The lowest BCUT2D eigenvalue weighted by molar-refractivity contribution is 0.465. The van der Waals surface area contributed by atoms with E-state index in [1.807, 2.05) is 6.92 Å². The molecule has 8 heteroatoms. The van der Waals surface area contributed by atoms with Crippen LogP contribution in [0.1, 0.15) is 38.2 Å². The molecule has 0 aliphatic heterocycles. The normalized spacial score (nSPS) is 12.6. The van der Waals surface area contributed by atoms with Crippen molar-refractivity contribution in [2.24, 2.45) is 0 Å². The lowest BCUT2D eigenvalue weighted by Gasteiger charge is -2.10. The topological polar surface area (TPSA) is 109 Å². The highest BCUT2D eigenvalue weighted by Crippen LogP contribution is 2.26. The van der Waals surface area contributed by atoms with Gasteiger partial charge in [0.25, 0.3) is 20.2 Å². The standard InChI is InChI=1S/C12H18O6S2/c1-2-3-4-5-7-10-8-6-9-11(19(13,14)15)12(10)20(16,17)18/h6,8-9H,2-5,7H2,1H3,(H,13,14,15)(H,16,17,18). The van der Waals surface area contributed by atoms with Crippen LogP contribution in [-0.4, -0.2) is 25.9 Å². The SMILES string of the molecule is CCCCCCc1cccc(S(=O)(=O)O)c1S(=O)(=O)O. The molecule has 20 heavy (non-hydrogen) atoms. The van der Waals surface area contributed by atoms with Crippen LogP contribution >= 0.6 is 0 Å². The average Bonchev–Trinajstić information content (AvgIpc) is 2.32. The van der Waals surface area contributed by atoms with Gasteiger partial charge in [-0.1, -0.05) is 38.3 Å².